The molecule has 6 rings (SSSR count). The van der Waals surface area contributed by atoms with Gasteiger partial charge in [0, 0.05) is 15.9 Å². The van der Waals surface area contributed by atoms with Crippen LogP contribution in [0, 0.1) is 5.41 Å². The van der Waals surface area contributed by atoms with Gasteiger partial charge in [0.05, 0.1) is 5.52 Å². The van der Waals surface area contributed by atoms with Crippen molar-refractivity contribution in [3.8, 4) is 0 Å². The number of carbonyl (C=O) groups is 2. The third-order valence-electron chi connectivity index (χ3n) is 8.27. The first-order chi connectivity index (χ1) is 19.9. The van der Waals surface area contributed by atoms with Crippen molar-refractivity contribution in [1.82, 2.24) is 15.1 Å². The maximum absolute atomic E-state index is 13.7. The van der Waals surface area contributed by atoms with E-state index in [1.54, 1.807) is 0 Å². The van der Waals surface area contributed by atoms with Crippen LogP contribution in [0.2, 0.25) is 0 Å². The lowest BCUT2D eigenvalue weighted by atomic mass is 9.64. The monoisotopic (exact) mass is 607 g/mol. The number of nitrogens with two attached hydrogens (primary N) is 1. The molecule has 1 aliphatic carbocycles. The van der Waals surface area contributed by atoms with Crippen LogP contribution in [-0.4, -0.2) is 34.7 Å². The van der Waals surface area contributed by atoms with Crippen molar-refractivity contribution in [3.63, 3.8) is 0 Å². The molecule has 4 N–H and O–H groups in total. The van der Waals surface area contributed by atoms with Crippen molar-refractivity contribution in [2.45, 2.75) is 24.4 Å². The number of nitrogens with zero attached hydrogens (tertiary/aromatic N) is 2. The molecular weight excluding hydrogens is 578 g/mol. The second kappa shape index (κ2) is 10.6. The van der Waals surface area contributed by atoms with Gasteiger partial charge in [0.1, 0.15) is 11.0 Å². The predicted molar refractivity (Wildman–Crippen MR) is 164 cm³/mol. The molecule has 1 heterocycles. The lowest BCUT2D eigenvalue weighted by Gasteiger charge is -2.43. The lowest BCUT2D eigenvalue weighted by Crippen LogP contribution is -2.60. The highest BCUT2D eigenvalue weighted by Crippen LogP contribution is 2.45. The van der Waals surface area contributed by atoms with Crippen molar-refractivity contribution < 1.29 is 9.59 Å². The first kappa shape index (κ1) is 26.9. The lowest BCUT2D eigenvalue weighted by molar-refractivity contribution is -0.145. The highest BCUT2D eigenvalue weighted by atomic mass is 79.9. The number of primary amides is 1. The smallest absolute Gasteiger partial charge is 0.241 e. The first-order valence-electron chi connectivity index (χ1n) is 13.5. The van der Waals surface area contributed by atoms with Gasteiger partial charge in [-0.25, -0.2) is 4.68 Å². The number of rotatable bonds is 8. The second-order valence-electron chi connectivity index (χ2n) is 10.5. The summed E-state index contributed by atoms with van der Waals surface area (Å²) in [6, 6.07) is 36.6. The minimum Gasteiger partial charge on any atom is -0.369 e. The van der Waals surface area contributed by atoms with Gasteiger partial charge in [-0.05, 0) is 54.8 Å². The number of halogens is 1. The highest BCUT2D eigenvalue weighted by Gasteiger charge is 2.55. The number of benzene rings is 4. The van der Waals surface area contributed by atoms with E-state index >= 15 is 0 Å². The van der Waals surface area contributed by atoms with Gasteiger partial charge in [-0.15, -0.1) is 0 Å². The average Bonchev–Trinajstić information content (AvgIpc) is 3.32. The molecule has 0 bridgehead atoms. The van der Waals surface area contributed by atoms with Crippen LogP contribution >= 0.6 is 15.9 Å². The van der Waals surface area contributed by atoms with Gasteiger partial charge in [0.2, 0.25) is 11.8 Å². The van der Waals surface area contributed by atoms with Gasteiger partial charge in [-0.1, -0.05) is 107 Å². The minimum atomic E-state index is -1.29. The van der Waals surface area contributed by atoms with Gasteiger partial charge in [0.25, 0.3) is 0 Å². The fourth-order valence-electron chi connectivity index (χ4n) is 6.05. The van der Waals surface area contributed by atoms with E-state index < -0.39 is 22.8 Å². The number of hydrogen-bond acceptors (Lipinski definition) is 4. The number of hydrogen-bond donors (Lipinski definition) is 3. The summed E-state index contributed by atoms with van der Waals surface area (Å²) < 4.78 is 2.83. The molecule has 2 amide bonds. The molecular formula is C33H30BrN5O2. The molecule has 0 saturated heterocycles. The zero-order chi connectivity index (χ0) is 28.6. The summed E-state index contributed by atoms with van der Waals surface area (Å²) in [6.45, 7) is 0. The van der Waals surface area contributed by atoms with Gasteiger partial charge >= 0.3 is 0 Å². The quantitative estimate of drug-likeness (QED) is 0.162. The van der Waals surface area contributed by atoms with Crippen LogP contribution in [0.15, 0.2) is 114 Å². The van der Waals surface area contributed by atoms with E-state index in [4.69, 9.17) is 10.8 Å². The van der Waals surface area contributed by atoms with Crippen molar-refractivity contribution in [1.29, 1.82) is 0 Å². The molecule has 1 fully saturated rings. The second-order valence-corrected chi connectivity index (χ2v) is 11.4. The maximum Gasteiger partial charge on any atom is 0.241 e. The number of aromatic nitrogens is 2. The third kappa shape index (κ3) is 4.34. The van der Waals surface area contributed by atoms with Crippen LogP contribution in [0.25, 0.3) is 10.9 Å². The molecule has 8 heteroatoms. The molecule has 0 atom stereocenters. The largest absolute Gasteiger partial charge is 0.369 e. The van der Waals surface area contributed by atoms with Crippen LogP contribution in [-0.2, 0) is 15.1 Å². The number of amides is 2. The fraction of sp³-hybridized carbons (Fsp3) is 0.182. The predicted octanol–water partition coefficient (Wildman–Crippen LogP) is 5.43. The molecule has 5 aromatic rings. The molecule has 0 radical (unpaired) electrons. The SMILES string of the molecule is CNC1CC(C(N)=O)(C(=O)Nc2nn(C(c3ccccc3)(c3ccccc3)c3ccccc3)c3ccc(Br)cc23)C1. The van der Waals surface area contributed by atoms with E-state index in [-0.39, 0.29) is 6.04 Å². The molecule has 4 aromatic carbocycles. The fourth-order valence-corrected chi connectivity index (χ4v) is 6.42. The van der Waals surface area contributed by atoms with E-state index in [2.05, 4.69) is 63.0 Å². The summed E-state index contributed by atoms with van der Waals surface area (Å²) in [5.74, 6) is -0.696. The first-order valence-corrected chi connectivity index (χ1v) is 14.3. The Morgan fingerprint density at radius 2 is 1.39 bits per heavy atom. The number of carbonyl (C=O) groups excluding carboxylic acids is 2. The van der Waals surface area contributed by atoms with E-state index in [0.717, 1.165) is 32.1 Å². The molecule has 41 heavy (non-hydrogen) atoms. The Bertz CT molecular complexity index is 1620. The molecule has 1 aromatic heterocycles. The Kier molecular flexibility index (Phi) is 6.97. The molecule has 0 spiro atoms. The number of nitrogens with one attached hydrogen (secondary N) is 2. The van der Waals surface area contributed by atoms with Crippen LogP contribution in [0.3, 0.4) is 0 Å². The molecule has 0 aliphatic heterocycles. The highest BCUT2D eigenvalue weighted by molar-refractivity contribution is 9.10. The summed E-state index contributed by atoms with van der Waals surface area (Å²) in [5, 5.41) is 12.0. The summed E-state index contributed by atoms with van der Waals surface area (Å²) in [6.07, 6.45) is 0.684. The average molecular weight is 609 g/mol. The standard InChI is InChI=1S/C33H30BrN5O2/c1-36-26-20-32(21-26,30(35)40)31(41)37-29-27-19-25(34)17-18-28(27)39(38-29)33(22-11-5-2-6-12-22,23-13-7-3-8-14-23)24-15-9-4-10-16-24/h2-19,26,36H,20-21H2,1H3,(H2,35,40)(H,37,38,41). The van der Waals surface area contributed by atoms with Crippen LogP contribution < -0.4 is 16.4 Å². The van der Waals surface area contributed by atoms with Crippen LogP contribution in [0.4, 0.5) is 5.82 Å². The molecule has 1 aliphatic rings. The number of anilines is 1. The molecule has 0 unspecified atom stereocenters. The maximum atomic E-state index is 13.7. The van der Waals surface area contributed by atoms with E-state index in [0.29, 0.717) is 18.7 Å². The van der Waals surface area contributed by atoms with Crippen LogP contribution in [0.1, 0.15) is 29.5 Å². The van der Waals surface area contributed by atoms with Crippen molar-refractivity contribution in [3.05, 3.63) is 130 Å². The Labute approximate surface area is 246 Å². The minimum absolute atomic E-state index is 0.0542. The molecule has 206 valence electrons. The number of fused-ring (bicyclic) bond motifs is 1. The van der Waals surface area contributed by atoms with Gasteiger partial charge in [-0.2, -0.15) is 5.10 Å². The Morgan fingerprint density at radius 3 is 1.85 bits per heavy atom. The molecule has 1 saturated carbocycles. The Morgan fingerprint density at radius 1 is 0.878 bits per heavy atom. The van der Waals surface area contributed by atoms with Gasteiger partial charge in [-0.3, -0.25) is 9.59 Å². The van der Waals surface area contributed by atoms with Crippen molar-refractivity contribution in [2.24, 2.45) is 11.1 Å². The zero-order valence-corrected chi connectivity index (χ0v) is 24.1. The van der Waals surface area contributed by atoms with E-state index in [1.807, 2.05) is 84.5 Å². The Hall–Kier alpha value is -4.27. The Balaban J connectivity index is 1.62. The van der Waals surface area contributed by atoms with E-state index in [1.165, 1.54) is 0 Å². The third-order valence-corrected chi connectivity index (χ3v) is 8.76. The molecule has 7 nitrogen and oxygen atoms in total. The summed E-state index contributed by atoms with van der Waals surface area (Å²) in [7, 11) is 1.82. The normalized spacial score (nSPS) is 18.5. The van der Waals surface area contributed by atoms with Gasteiger partial charge < -0.3 is 16.4 Å². The summed E-state index contributed by atoms with van der Waals surface area (Å²) in [5.41, 5.74) is 7.45. The topological polar surface area (TPSA) is 102 Å². The van der Waals surface area contributed by atoms with Crippen LogP contribution in [0.5, 0.6) is 0 Å². The summed E-state index contributed by atoms with van der Waals surface area (Å²) >= 11 is 3.60. The van der Waals surface area contributed by atoms with Gasteiger partial charge in [0.15, 0.2) is 5.82 Å². The van der Waals surface area contributed by atoms with Crippen molar-refractivity contribution >= 4 is 44.5 Å². The summed E-state index contributed by atoms with van der Waals surface area (Å²) in [4.78, 5) is 26.3. The van der Waals surface area contributed by atoms with Crippen molar-refractivity contribution in [2.75, 3.05) is 12.4 Å². The zero-order valence-electron chi connectivity index (χ0n) is 22.6. The van der Waals surface area contributed by atoms with E-state index in [9.17, 15) is 9.59 Å².